The van der Waals surface area contributed by atoms with Crippen LogP contribution in [0, 0.1) is 11.3 Å². The largest absolute Gasteiger partial charge is 0.255 e. The Hall–Kier alpha value is -1.38. The van der Waals surface area contributed by atoms with Crippen LogP contribution in [-0.2, 0) is 7.05 Å². The van der Waals surface area contributed by atoms with Crippen molar-refractivity contribution in [3.05, 3.63) is 29.9 Å². The van der Waals surface area contributed by atoms with Gasteiger partial charge < -0.3 is 0 Å². The van der Waals surface area contributed by atoms with Crippen LogP contribution in [0.15, 0.2) is 24.1 Å². The lowest BCUT2D eigenvalue weighted by Gasteiger charge is -2.14. The van der Waals surface area contributed by atoms with E-state index in [1.54, 1.807) is 11.0 Å². The summed E-state index contributed by atoms with van der Waals surface area (Å²) in [6, 6.07) is 0. The normalized spacial score (nSPS) is 29.6. The Labute approximate surface area is 103 Å². The lowest BCUT2D eigenvalue weighted by molar-refractivity contribution is 0.634. The van der Waals surface area contributed by atoms with Crippen molar-refractivity contribution in [3.8, 4) is 0 Å². The van der Waals surface area contributed by atoms with Gasteiger partial charge >= 0.3 is 0 Å². The molecule has 0 spiro atoms. The maximum Gasteiger partial charge on any atom is 0.177 e. The molecule has 0 amide bonds. The fraction of sp³-hybridized carbons (Fsp3) is 0.571. The van der Waals surface area contributed by atoms with Crippen LogP contribution in [0.3, 0.4) is 0 Å². The predicted molar refractivity (Wildman–Crippen MR) is 70.3 cm³/mol. The number of hydrogen-bond acceptors (Lipinski definition) is 2. The highest BCUT2D eigenvalue weighted by Crippen LogP contribution is 2.58. The van der Waals surface area contributed by atoms with Crippen LogP contribution in [0.25, 0.3) is 5.57 Å². The van der Waals surface area contributed by atoms with Gasteiger partial charge in [0.1, 0.15) is 6.33 Å². The highest BCUT2D eigenvalue weighted by atomic mass is 15.3. The standard InChI is InChI=1S/C14H21N3/c1-6-7-12(14(4)8-10(14)2)11(3)13-15-9-17(5)16-13/h6-7,9-10H,8H2,1-5H3/b7-6-,12-11-. The molecule has 1 aromatic rings. The third-order valence-corrected chi connectivity index (χ3v) is 3.95. The van der Waals surface area contributed by atoms with Crippen LogP contribution < -0.4 is 0 Å². The number of aryl methyl sites for hydroxylation is 1. The van der Waals surface area contributed by atoms with E-state index in [4.69, 9.17) is 0 Å². The van der Waals surface area contributed by atoms with Crippen molar-refractivity contribution < 1.29 is 0 Å². The van der Waals surface area contributed by atoms with E-state index in [9.17, 15) is 0 Å². The highest BCUT2D eigenvalue weighted by Gasteiger charge is 2.49. The zero-order valence-corrected chi connectivity index (χ0v) is 11.4. The summed E-state index contributed by atoms with van der Waals surface area (Å²) in [6.07, 6.45) is 7.34. The van der Waals surface area contributed by atoms with Crippen LogP contribution in [0.4, 0.5) is 0 Å². The van der Waals surface area contributed by atoms with Crippen molar-refractivity contribution in [2.45, 2.75) is 34.1 Å². The lowest BCUT2D eigenvalue weighted by Crippen LogP contribution is -2.03. The quantitative estimate of drug-likeness (QED) is 0.748. The number of hydrogen-bond donors (Lipinski definition) is 0. The summed E-state index contributed by atoms with van der Waals surface area (Å²) in [5.41, 5.74) is 2.91. The van der Waals surface area contributed by atoms with Gasteiger partial charge in [0.25, 0.3) is 0 Å². The van der Waals surface area contributed by atoms with Crippen molar-refractivity contribution >= 4 is 5.57 Å². The van der Waals surface area contributed by atoms with Gasteiger partial charge in [-0.2, -0.15) is 5.10 Å². The first-order chi connectivity index (χ1) is 7.99. The minimum absolute atomic E-state index is 0.315. The minimum Gasteiger partial charge on any atom is -0.255 e. The molecule has 1 aliphatic rings. The van der Waals surface area contributed by atoms with Crippen LogP contribution in [-0.4, -0.2) is 14.8 Å². The van der Waals surface area contributed by atoms with Gasteiger partial charge in [0, 0.05) is 7.05 Å². The monoisotopic (exact) mass is 231 g/mol. The molecule has 0 aliphatic heterocycles. The molecule has 3 heteroatoms. The first-order valence-corrected chi connectivity index (χ1v) is 6.19. The van der Waals surface area contributed by atoms with Crippen molar-refractivity contribution in [1.82, 2.24) is 14.8 Å². The van der Waals surface area contributed by atoms with E-state index in [2.05, 4.69) is 49.9 Å². The molecule has 0 N–H and O–H groups in total. The zero-order chi connectivity index (χ0) is 12.6. The summed E-state index contributed by atoms with van der Waals surface area (Å²) in [5, 5.41) is 4.39. The second-order valence-electron chi connectivity index (χ2n) is 5.30. The second kappa shape index (κ2) is 4.13. The molecule has 1 aromatic heterocycles. The molecule has 1 saturated carbocycles. The topological polar surface area (TPSA) is 30.7 Å². The van der Waals surface area contributed by atoms with E-state index >= 15 is 0 Å². The average Bonchev–Trinajstić information content (AvgIpc) is 2.72. The van der Waals surface area contributed by atoms with Gasteiger partial charge in [-0.05, 0) is 42.7 Å². The van der Waals surface area contributed by atoms with E-state index in [0.29, 0.717) is 5.41 Å². The Bertz CT molecular complexity index is 481. The smallest absolute Gasteiger partial charge is 0.177 e. The summed E-state index contributed by atoms with van der Waals surface area (Å²) < 4.78 is 1.75. The van der Waals surface area contributed by atoms with Gasteiger partial charge in [-0.25, -0.2) is 4.98 Å². The molecule has 0 radical (unpaired) electrons. The summed E-state index contributed by atoms with van der Waals surface area (Å²) in [5.74, 6) is 1.60. The van der Waals surface area contributed by atoms with Crippen LogP contribution in [0.1, 0.15) is 39.9 Å². The van der Waals surface area contributed by atoms with Gasteiger partial charge in [0.2, 0.25) is 0 Å². The number of allylic oxidation sites excluding steroid dienone is 4. The molecule has 2 atom stereocenters. The number of nitrogens with zero attached hydrogens (tertiary/aromatic N) is 3. The molecule has 0 saturated heterocycles. The predicted octanol–water partition coefficient (Wildman–Crippen LogP) is 3.21. The molecule has 1 fully saturated rings. The molecule has 3 nitrogen and oxygen atoms in total. The van der Waals surface area contributed by atoms with Crippen molar-refractivity contribution in [2.75, 3.05) is 0 Å². The zero-order valence-electron chi connectivity index (χ0n) is 11.4. The fourth-order valence-electron chi connectivity index (χ4n) is 2.49. The van der Waals surface area contributed by atoms with E-state index in [1.807, 2.05) is 7.05 Å². The SMILES string of the molecule is C/C=C\C(=C(/C)c1ncn(C)n1)C1(C)CC1C. The summed E-state index contributed by atoms with van der Waals surface area (Å²) in [6.45, 7) is 8.83. The third-order valence-electron chi connectivity index (χ3n) is 3.95. The van der Waals surface area contributed by atoms with Gasteiger partial charge in [0.15, 0.2) is 5.82 Å². The molecular weight excluding hydrogens is 210 g/mol. The van der Waals surface area contributed by atoms with Gasteiger partial charge in [0.05, 0.1) is 0 Å². The molecule has 2 unspecified atom stereocenters. The molecule has 2 rings (SSSR count). The Morgan fingerprint density at radius 1 is 1.59 bits per heavy atom. The van der Waals surface area contributed by atoms with Crippen LogP contribution >= 0.6 is 0 Å². The molecular formula is C14H21N3. The molecule has 1 aliphatic carbocycles. The van der Waals surface area contributed by atoms with Gasteiger partial charge in [-0.1, -0.05) is 26.0 Å². The molecule has 17 heavy (non-hydrogen) atoms. The Morgan fingerprint density at radius 3 is 2.65 bits per heavy atom. The maximum absolute atomic E-state index is 4.39. The summed E-state index contributed by atoms with van der Waals surface area (Å²) in [7, 11) is 1.90. The molecule has 92 valence electrons. The number of rotatable bonds is 3. The number of aromatic nitrogens is 3. The highest BCUT2D eigenvalue weighted by molar-refractivity contribution is 5.67. The van der Waals surface area contributed by atoms with Gasteiger partial charge in [-0.15, -0.1) is 0 Å². The minimum atomic E-state index is 0.315. The summed E-state index contributed by atoms with van der Waals surface area (Å²) in [4.78, 5) is 4.35. The molecule has 0 bridgehead atoms. The first-order valence-electron chi connectivity index (χ1n) is 6.19. The lowest BCUT2D eigenvalue weighted by atomic mass is 9.90. The van der Waals surface area contributed by atoms with E-state index < -0.39 is 0 Å². The van der Waals surface area contributed by atoms with E-state index in [1.165, 1.54) is 17.6 Å². The van der Waals surface area contributed by atoms with Gasteiger partial charge in [-0.3, -0.25) is 4.68 Å². The van der Waals surface area contributed by atoms with Crippen molar-refractivity contribution in [3.63, 3.8) is 0 Å². The Balaban J connectivity index is 2.44. The van der Waals surface area contributed by atoms with E-state index in [0.717, 1.165) is 11.7 Å². The van der Waals surface area contributed by atoms with Crippen LogP contribution in [0.5, 0.6) is 0 Å². The second-order valence-corrected chi connectivity index (χ2v) is 5.30. The molecule has 0 aromatic carbocycles. The fourth-order valence-corrected chi connectivity index (χ4v) is 2.49. The Morgan fingerprint density at radius 2 is 2.24 bits per heavy atom. The summed E-state index contributed by atoms with van der Waals surface area (Å²) >= 11 is 0. The van der Waals surface area contributed by atoms with E-state index in [-0.39, 0.29) is 0 Å². The molecule has 1 heterocycles. The Kier molecular flexibility index (Phi) is 2.94. The first kappa shape index (κ1) is 12.1. The van der Waals surface area contributed by atoms with Crippen molar-refractivity contribution in [2.24, 2.45) is 18.4 Å². The van der Waals surface area contributed by atoms with Crippen LogP contribution in [0.2, 0.25) is 0 Å². The van der Waals surface area contributed by atoms with Crippen molar-refractivity contribution in [1.29, 1.82) is 0 Å². The maximum atomic E-state index is 4.39. The third kappa shape index (κ3) is 2.06. The average molecular weight is 231 g/mol.